The number of nitrogens with zero attached hydrogens (tertiary/aromatic N) is 3. The summed E-state index contributed by atoms with van der Waals surface area (Å²) in [4.78, 5) is 28.9. The van der Waals surface area contributed by atoms with Crippen molar-refractivity contribution in [1.29, 1.82) is 0 Å². The molecule has 2 aliphatic heterocycles. The summed E-state index contributed by atoms with van der Waals surface area (Å²) in [5.74, 6) is -0.972. The molecule has 4 rings (SSSR count). The average molecular weight is 495 g/mol. The van der Waals surface area contributed by atoms with Crippen molar-refractivity contribution in [2.45, 2.75) is 23.8 Å². The number of rotatable bonds is 6. The van der Waals surface area contributed by atoms with Gasteiger partial charge in [0.25, 0.3) is 5.91 Å². The van der Waals surface area contributed by atoms with Crippen LogP contribution in [0.2, 0.25) is 5.02 Å². The van der Waals surface area contributed by atoms with Crippen molar-refractivity contribution in [1.82, 2.24) is 19.4 Å². The molecule has 2 aromatic rings. The molecule has 0 spiro atoms. The molecule has 0 aliphatic carbocycles. The van der Waals surface area contributed by atoms with Gasteiger partial charge in [-0.1, -0.05) is 36.7 Å². The summed E-state index contributed by atoms with van der Waals surface area (Å²) in [6.45, 7) is 2.86. The SMILES string of the molecule is CC[C@]1(c2ccc(Cl)cc2)NC(=O)N(CN2CCN(S(=O)(=O)c3cccc(F)c3)CC2)C1=O. The van der Waals surface area contributed by atoms with Gasteiger partial charge in [-0.2, -0.15) is 4.31 Å². The zero-order valence-corrected chi connectivity index (χ0v) is 19.6. The number of nitrogens with one attached hydrogen (secondary N) is 1. The molecule has 176 valence electrons. The Hall–Kier alpha value is -2.53. The number of piperazine rings is 1. The highest BCUT2D eigenvalue weighted by atomic mass is 35.5. The summed E-state index contributed by atoms with van der Waals surface area (Å²) in [5.41, 5.74) is -0.509. The van der Waals surface area contributed by atoms with Gasteiger partial charge in [0.15, 0.2) is 0 Å². The Morgan fingerprint density at radius 2 is 1.73 bits per heavy atom. The Morgan fingerprint density at radius 3 is 2.33 bits per heavy atom. The first-order valence-corrected chi connectivity index (χ1v) is 12.4. The van der Waals surface area contributed by atoms with Gasteiger partial charge in [-0.15, -0.1) is 0 Å². The van der Waals surface area contributed by atoms with E-state index in [1.807, 2.05) is 11.8 Å². The molecule has 2 saturated heterocycles. The fourth-order valence-electron chi connectivity index (χ4n) is 4.22. The smallest absolute Gasteiger partial charge is 0.319 e. The number of carbonyl (C=O) groups is 2. The van der Waals surface area contributed by atoms with Crippen molar-refractivity contribution >= 4 is 33.6 Å². The molecule has 3 amide bonds. The third kappa shape index (κ3) is 4.35. The number of hydrogen-bond donors (Lipinski definition) is 1. The number of amides is 3. The van der Waals surface area contributed by atoms with Crippen LogP contribution in [0, 0.1) is 5.82 Å². The molecule has 0 bridgehead atoms. The molecule has 0 aromatic heterocycles. The fraction of sp³-hybridized carbons (Fsp3) is 0.364. The summed E-state index contributed by atoms with van der Waals surface area (Å²) < 4.78 is 40.4. The van der Waals surface area contributed by atoms with E-state index in [1.165, 1.54) is 22.5 Å². The monoisotopic (exact) mass is 494 g/mol. The van der Waals surface area contributed by atoms with Crippen LogP contribution in [-0.4, -0.2) is 67.3 Å². The Bertz CT molecular complexity index is 1170. The first kappa shape index (κ1) is 23.6. The maximum absolute atomic E-state index is 13.5. The van der Waals surface area contributed by atoms with E-state index in [4.69, 9.17) is 11.6 Å². The highest BCUT2D eigenvalue weighted by molar-refractivity contribution is 7.89. The van der Waals surface area contributed by atoms with E-state index in [9.17, 15) is 22.4 Å². The lowest BCUT2D eigenvalue weighted by atomic mass is 9.87. The van der Waals surface area contributed by atoms with Crippen LogP contribution >= 0.6 is 11.6 Å². The second-order valence-corrected chi connectivity index (χ2v) is 10.4. The van der Waals surface area contributed by atoms with Crippen molar-refractivity contribution in [3.63, 3.8) is 0 Å². The molecule has 0 radical (unpaired) electrons. The van der Waals surface area contributed by atoms with Crippen LogP contribution in [0.25, 0.3) is 0 Å². The van der Waals surface area contributed by atoms with E-state index < -0.39 is 27.4 Å². The normalized spacial score (nSPS) is 22.6. The lowest BCUT2D eigenvalue weighted by molar-refractivity contribution is -0.133. The predicted octanol–water partition coefficient (Wildman–Crippen LogP) is 2.60. The van der Waals surface area contributed by atoms with E-state index in [-0.39, 0.29) is 30.6 Å². The van der Waals surface area contributed by atoms with E-state index in [0.717, 1.165) is 11.0 Å². The van der Waals surface area contributed by atoms with Crippen LogP contribution in [-0.2, 0) is 20.4 Å². The zero-order chi connectivity index (χ0) is 23.8. The molecule has 1 atom stereocenters. The number of benzene rings is 2. The minimum Gasteiger partial charge on any atom is -0.319 e. The summed E-state index contributed by atoms with van der Waals surface area (Å²) in [6.07, 6.45) is 0.370. The van der Waals surface area contributed by atoms with Gasteiger partial charge in [-0.05, 0) is 42.3 Å². The van der Waals surface area contributed by atoms with Crippen molar-refractivity contribution in [3.05, 3.63) is 64.9 Å². The summed E-state index contributed by atoms with van der Waals surface area (Å²) in [7, 11) is -3.82. The molecule has 2 aliphatic rings. The Kier molecular flexibility index (Phi) is 6.45. The molecule has 2 heterocycles. The Balaban J connectivity index is 1.44. The second-order valence-electron chi connectivity index (χ2n) is 8.05. The van der Waals surface area contributed by atoms with Gasteiger partial charge in [0.1, 0.15) is 11.4 Å². The molecule has 11 heteroatoms. The van der Waals surface area contributed by atoms with Crippen molar-refractivity contribution < 1.29 is 22.4 Å². The molecule has 2 fully saturated rings. The summed E-state index contributed by atoms with van der Waals surface area (Å²) in [5, 5.41) is 3.36. The number of urea groups is 1. The Morgan fingerprint density at radius 1 is 1.06 bits per heavy atom. The van der Waals surface area contributed by atoms with Crippen LogP contribution in [0.1, 0.15) is 18.9 Å². The lowest BCUT2D eigenvalue weighted by Crippen LogP contribution is -2.52. The van der Waals surface area contributed by atoms with Crippen molar-refractivity contribution in [3.8, 4) is 0 Å². The number of sulfonamides is 1. The average Bonchev–Trinajstić information content (AvgIpc) is 3.05. The number of halogens is 2. The van der Waals surface area contributed by atoms with Crippen LogP contribution in [0.15, 0.2) is 53.4 Å². The van der Waals surface area contributed by atoms with E-state index in [1.54, 1.807) is 24.3 Å². The molecule has 1 N–H and O–H groups in total. The Labute approximate surface area is 197 Å². The first-order valence-electron chi connectivity index (χ1n) is 10.6. The topological polar surface area (TPSA) is 90.0 Å². The van der Waals surface area contributed by atoms with Crippen molar-refractivity contribution in [2.75, 3.05) is 32.8 Å². The quantitative estimate of drug-likeness (QED) is 0.623. The fourth-order valence-corrected chi connectivity index (χ4v) is 5.80. The molecule has 0 unspecified atom stereocenters. The molecular formula is C22H24ClFN4O4S. The molecule has 8 nitrogen and oxygen atoms in total. The van der Waals surface area contributed by atoms with Crippen LogP contribution < -0.4 is 5.32 Å². The summed E-state index contributed by atoms with van der Waals surface area (Å²) >= 11 is 5.97. The summed E-state index contributed by atoms with van der Waals surface area (Å²) in [6, 6.07) is 11.2. The maximum Gasteiger partial charge on any atom is 0.326 e. The van der Waals surface area contributed by atoms with Gasteiger partial charge in [0, 0.05) is 31.2 Å². The standard InChI is InChI=1S/C22H24ClFN4O4S/c1-2-22(16-6-8-17(23)9-7-16)20(29)28(21(30)25-22)15-26-10-12-27(13-11-26)33(31,32)19-5-3-4-18(24)14-19/h3-9,14H,2,10-13,15H2,1H3,(H,25,30)/t22-/m1/s1. The van der Waals surface area contributed by atoms with Gasteiger partial charge in [0.05, 0.1) is 11.6 Å². The van der Waals surface area contributed by atoms with Crippen molar-refractivity contribution in [2.24, 2.45) is 0 Å². The minimum absolute atomic E-state index is 0.0495. The van der Waals surface area contributed by atoms with E-state index in [2.05, 4.69) is 5.32 Å². The van der Waals surface area contributed by atoms with Crippen LogP contribution in [0.5, 0.6) is 0 Å². The highest BCUT2D eigenvalue weighted by Crippen LogP contribution is 2.33. The molecule has 2 aromatic carbocycles. The first-order chi connectivity index (χ1) is 15.7. The third-order valence-corrected chi connectivity index (χ3v) is 8.30. The number of imide groups is 1. The maximum atomic E-state index is 13.5. The van der Waals surface area contributed by atoms with Gasteiger partial charge in [-0.3, -0.25) is 9.69 Å². The zero-order valence-electron chi connectivity index (χ0n) is 18.0. The molecular weight excluding hydrogens is 471 g/mol. The van der Waals surface area contributed by atoms with Crippen LogP contribution in [0.3, 0.4) is 0 Å². The molecule has 33 heavy (non-hydrogen) atoms. The molecule has 0 saturated carbocycles. The number of hydrogen-bond acceptors (Lipinski definition) is 5. The second kappa shape index (κ2) is 9.02. The predicted molar refractivity (Wildman–Crippen MR) is 120 cm³/mol. The van der Waals surface area contributed by atoms with Crippen LogP contribution in [0.4, 0.5) is 9.18 Å². The largest absolute Gasteiger partial charge is 0.326 e. The third-order valence-electron chi connectivity index (χ3n) is 6.15. The lowest BCUT2D eigenvalue weighted by Gasteiger charge is -2.35. The van der Waals surface area contributed by atoms with Gasteiger partial charge < -0.3 is 5.32 Å². The van der Waals surface area contributed by atoms with Gasteiger partial charge >= 0.3 is 6.03 Å². The number of carbonyl (C=O) groups excluding carboxylic acids is 2. The highest BCUT2D eigenvalue weighted by Gasteiger charge is 2.51. The van der Waals surface area contributed by atoms with Gasteiger partial charge in [0.2, 0.25) is 10.0 Å². The minimum atomic E-state index is -3.82. The van der Waals surface area contributed by atoms with E-state index >= 15 is 0 Å². The van der Waals surface area contributed by atoms with E-state index in [0.29, 0.717) is 30.1 Å². The van der Waals surface area contributed by atoms with Gasteiger partial charge in [-0.25, -0.2) is 22.5 Å².